The molecule has 0 atom stereocenters. The molecule has 2 aromatic carbocycles. The van der Waals surface area contributed by atoms with Crippen LogP contribution in [0.3, 0.4) is 0 Å². The van der Waals surface area contributed by atoms with Gasteiger partial charge in [0.05, 0.1) is 0 Å². The summed E-state index contributed by atoms with van der Waals surface area (Å²) in [5.41, 5.74) is 2.21. The van der Waals surface area contributed by atoms with Crippen molar-refractivity contribution in [3.8, 4) is 0 Å². The van der Waals surface area contributed by atoms with Gasteiger partial charge in [-0.15, -0.1) is 12.4 Å². The van der Waals surface area contributed by atoms with Crippen LogP contribution in [-0.2, 0) is 17.9 Å². The standard InChI is InChI=1S/C22H26Cl2N2O.ClH/c23-21-9-4-10-22(24)20(21)17-27-25-16-19-11-14-26(15-12-19)13-5-8-18-6-2-1-3-7-18;/h1-4,6-7,9-10,16,19H,5,8,11-15,17H2;1H/b25-16+;. The zero-order valence-corrected chi connectivity index (χ0v) is 18.2. The highest BCUT2D eigenvalue weighted by Crippen LogP contribution is 2.25. The van der Waals surface area contributed by atoms with Crippen molar-refractivity contribution in [3.05, 3.63) is 69.7 Å². The van der Waals surface area contributed by atoms with Crippen LogP contribution in [0.15, 0.2) is 53.7 Å². The molecule has 0 aliphatic carbocycles. The van der Waals surface area contributed by atoms with Gasteiger partial charge >= 0.3 is 0 Å². The highest BCUT2D eigenvalue weighted by atomic mass is 35.5. The highest BCUT2D eigenvalue weighted by Gasteiger charge is 2.17. The molecular formula is C22H27Cl3N2O. The maximum absolute atomic E-state index is 6.13. The second-order valence-electron chi connectivity index (χ2n) is 7.00. The lowest BCUT2D eigenvalue weighted by atomic mass is 9.98. The van der Waals surface area contributed by atoms with Crippen LogP contribution in [0.5, 0.6) is 0 Å². The van der Waals surface area contributed by atoms with E-state index in [4.69, 9.17) is 28.0 Å². The molecule has 28 heavy (non-hydrogen) atoms. The maximum atomic E-state index is 6.13. The third-order valence-corrected chi connectivity index (χ3v) is 5.74. The summed E-state index contributed by atoms with van der Waals surface area (Å²) in [7, 11) is 0. The van der Waals surface area contributed by atoms with Crippen molar-refractivity contribution in [2.45, 2.75) is 32.3 Å². The third-order valence-electron chi connectivity index (χ3n) is 5.03. The molecule has 1 aliphatic heterocycles. The van der Waals surface area contributed by atoms with Crippen molar-refractivity contribution in [1.29, 1.82) is 0 Å². The molecule has 152 valence electrons. The van der Waals surface area contributed by atoms with Gasteiger partial charge in [0.1, 0.15) is 6.61 Å². The SMILES string of the molecule is Cl.Clc1cccc(Cl)c1CO/N=C/C1CCN(CCCc2ccccc2)CC1. The first kappa shape index (κ1) is 23.0. The summed E-state index contributed by atoms with van der Waals surface area (Å²) < 4.78 is 0. The van der Waals surface area contributed by atoms with Crippen molar-refractivity contribution in [3.63, 3.8) is 0 Å². The van der Waals surface area contributed by atoms with Crippen LogP contribution in [0.1, 0.15) is 30.4 Å². The molecule has 0 aromatic heterocycles. The Hall–Kier alpha value is -1.26. The second-order valence-corrected chi connectivity index (χ2v) is 7.81. The molecule has 3 nitrogen and oxygen atoms in total. The number of aryl methyl sites for hydroxylation is 1. The van der Waals surface area contributed by atoms with Gasteiger partial charge in [-0.05, 0) is 68.9 Å². The molecule has 1 fully saturated rings. The van der Waals surface area contributed by atoms with Crippen LogP contribution in [0.2, 0.25) is 10.0 Å². The largest absolute Gasteiger partial charge is 0.391 e. The van der Waals surface area contributed by atoms with Crippen molar-refractivity contribution in [2.75, 3.05) is 19.6 Å². The molecule has 3 rings (SSSR count). The van der Waals surface area contributed by atoms with Crippen LogP contribution >= 0.6 is 35.6 Å². The zero-order valence-electron chi connectivity index (χ0n) is 15.9. The number of nitrogens with zero attached hydrogens (tertiary/aromatic N) is 2. The fraction of sp³-hybridized carbons (Fsp3) is 0.409. The number of hydrogen-bond donors (Lipinski definition) is 0. The molecule has 6 heteroatoms. The van der Waals surface area contributed by atoms with Gasteiger partial charge in [0.15, 0.2) is 0 Å². The number of oxime groups is 1. The van der Waals surface area contributed by atoms with E-state index in [0.717, 1.165) is 37.9 Å². The Balaban J connectivity index is 0.00000280. The van der Waals surface area contributed by atoms with E-state index in [1.807, 2.05) is 24.4 Å². The van der Waals surface area contributed by atoms with E-state index >= 15 is 0 Å². The Kier molecular flexibility index (Phi) is 10.1. The first-order valence-electron chi connectivity index (χ1n) is 9.57. The molecule has 0 N–H and O–H groups in total. The molecule has 0 saturated carbocycles. The van der Waals surface area contributed by atoms with Crippen LogP contribution in [0.4, 0.5) is 0 Å². The van der Waals surface area contributed by atoms with Gasteiger partial charge in [0.2, 0.25) is 0 Å². The van der Waals surface area contributed by atoms with E-state index in [9.17, 15) is 0 Å². The van der Waals surface area contributed by atoms with Gasteiger partial charge in [0, 0.05) is 21.8 Å². The molecule has 1 aliphatic rings. The van der Waals surface area contributed by atoms with Crippen LogP contribution in [0, 0.1) is 5.92 Å². The van der Waals surface area contributed by atoms with E-state index in [1.54, 1.807) is 0 Å². The minimum absolute atomic E-state index is 0. The van der Waals surface area contributed by atoms with E-state index in [1.165, 1.54) is 18.5 Å². The highest BCUT2D eigenvalue weighted by molar-refractivity contribution is 6.35. The molecule has 0 bridgehead atoms. The first-order valence-corrected chi connectivity index (χ1v) is 10.3. The second kappa shape index (κ2) is 12.3. The van der Waals surface area contributed by atoms with Crippen LogP contribution in [-0.4, -0.2) is 30.7 Å². The van der Waals surface area contributed by atoms with Crippen LogP contribution in [0.25, 0.3) is 0 Å². The average Bonchev–Trinajstić information content (AvgIpc) is 2.69. The van der Waals surface area contributed by atoms with Gasteiger partial charge in [-0.25, -0.2) is 0 Å². The smallest absolute Gasteiger partial charge is 0.145 e. The van der Waals surface area contributed by atoms with Gasteiger partial charge < -0.3 is 9.74 Å². The van der Waals surface area contributed by atoms with Crippen molar-refractivity contribution < 1.29 is 4.84 Å². The molecule has 2 aromatic rings. The van der Waals surface area contributed by atoms with Crippen molar-refractivity contribution in [1.82, 2.24) is 4.90 Å². The van der Waals surface area contributed by atoms with Gasteiger partial charge in [-0.3, -0.25) is 0 Å². The van der Waals surface area contributed by atoms with E-state index in [2.05, 4.69) is 40.4 Å². The average molecular weight is 442 g/mol. The summed E-state index contributed by atoms with van der Waals surface area (Å²) in [5.74, 6) is 0.483. The summed E-state index contributed by atoms with van der Waals surface area (Å²) in [6, 6.07) is 16.2. The number of hydrogen-bond acceptors (Lipinski definition) is 3. The Labute approximate surface area is 184 Å². The van der Waals surface area contributed by atoms with Gasteiger partial charge in [-0.2, -0.15) is 0 Å². The first-order chi connectivity index (χ1) is 13.2. The summed E-state index contributed by atoms with van der Waals surface area (Å²) in [6.45, 7) is 3.72. The van der Waals surface area contributed by atoms with E-state index in [-0.39, 0.29) is 12.4 Å². The molecule has 1 saturated heterocycles. The van der Waals surface area contributed by atoms with E-state index < -0.39 is 0 Å². The molecule has 0 unspecified atom stereocenters. The normalized spacial score (nSPS) is 15.5. The Morgan fingerprint density at radius 2 is 1.68 bits per heavy atom. The fourth-order valence-corrected chi connectivity index (χ4v) is 3.88. The molecule has 0 spiro atoms. The summed E-state index contributed by atoms with van der Waals surface area (Å²) in [6.07, 6.45) is 6.56. The Morgan fingerprint density at radius 1 is 1.00 bits per heavy atom. The summed E-state index contributed by atoms with van der Waals surface area (Å²) in [5, 5.41) is 5.36. The topological polar surface area (TPSA) is 24.8 Å². The lowest BCUT2D eigenvalue weighted by Crippen LogP contribution is -2.35. The van der Waals surface area contributed by atoms with Crippen LogP contribution < -0.4 is 0 Å². The fourth-order valence-electron chi connectivity index (χ4n) is 3.38. The summed E-state index contributed by atoms with van der Waals surface area (Å²) in [4.78, 5) is 7.97. The number of piperidine rings is 1. The third kappa shape index (κ3) is 7.29. The zero-order chi connectivity index (χ0) is 18.9. The maximum Gasteiger partial charge on any atom is 0.145 e. The number of rotatable bonds is 8. The predicted molar refractivity (Wildman–Crippen MR) is 121 cm³/mol. The lowest BCUT2D eigenvalue weighted by Gasteiger charge is -2.30. The number of halogens is 3. The number of benzene rings is 2. The molecule has 0 radical (unpaired) electrons. The lowest BCUT2D eigenvalue weighted by molar-refractivity contribution is 0.129. The monoisotopic (exact) mass is 440 g/mol. The molecule has 0 amide bonds. The Morgan fingerprint density at radius 3 is 2.36 bits per heavy atom. The predicted octanol–water partition coefficient (Wildman–Crippen LogP) is 6.26. The van der Waals surface area contributed by atoms with E-state index in [0.29, 0.717) is 22.6 Å². The summed E-state index contributed by atoms with van der Waals surface area (Å²) >= 11 is 12.3. The quantitative estimate of drug-likeness (QED) is 0.356. The van der Waals surface area contributed by atoms with Gasteiger partial charge in [0.25, 0.3) is 0 Å². The molecule has 1 heterocycles. The number of likely N-dealkylation sites (tertiary alicyclic amines) is 1. The van der Waals surface area contributed by atoms with Gasteiger partial charge in [-0.1, -0.05) is 64.8 Å². The van der Waals surface area contributed by atoms with Crippen molar-refractivity contribution >= 4 is 41.8 Å². The Bertz CT molecular complexity index is 712. The molecular weight excluding hydrogens is 415 g/mol. The minimum atomic E-state index is 0. The minimum Gasteiger partial charge on any atom is -0.391 e. The van der Waals surface area contributed by atoms with Crippen molar-refractivity contribution in [2.24, 2.45) is 11.1 Å².